The Kier molecular flexibility index (Phi) is 4.69. The molecule has 0 atom stereocenters. The highest BCUT2D eigenvalue weighted by molar-refractivity contribution is 6.20. The van der Waals surface area contributed by atoms with E-state index >= 15 is 0 Å². The summed E-state index contributed by atoms with van der Waals surface area (Å²) in [6.07, 6.45) is 0. The first-order chi connectivity index (χ1) is 23.5. The van der Waals surface area contributed by atoms with E-state index in [1.54, 1.807) is 0 Å². The summed E-state index contributed by atoms with van der Waals surface area (Å²) in [6, 6.07) is 45.5. The molecule has 0 bridgehead atoms. The lowest BCUT2D eigenvalue weighted by atomic mass is 9.99. The molecule has 1 heterocycles. The number of fused-ring (bicyclic) bond motifs is 7. The zero-order valence-corrected chi connectivity index (χ0v) is 23.6. The molecule has 0 saturated heterocycles. The first-order valence-corrected chi connectivity index (χ1v) is 14.7. The van der Waals surface area contributed by atoms with E-state index < -0.39 is 0 Å². The molecule has 2 heteroatoms. The summed E-state index contributed by atoms with van der Waals surface area (Å²) >= 11 is 0. The second-order valence-corrected chi connectivity index (χ2v) is 11.0. The Balaban J connectivity index is 1.41. The topological polar surface area (TPSA) is 16.4 Å². The number of hydrogen-bond donors (Lipinski definition) is 0. The van der Waals surface area contributed by atoms with Gasteiger partial charge in [0, 0.05) is 21.8 Å². The van der Waals surface area contributed by atoms with Gasteiger partial charge in [-0.3, -0.25) is 0 Å². The van der Waals surface area contributed by atoms with Gasteiger partial charge in [0.05, 0.1) is 22.2 Å². The molecule has 2 nitrogen and oxygen atoms in total. The molecule has 1 aromatic heterocycles. The maximum atomic E-state index is 9.76. The highest BCUT2D eigenvalue weighted by Gasteiger charge is 2.22. The molecule has 0 unspecified atom stereocenters. The quantitative estimate of drug-likeness (QED) is 0.211. The van der Waals surface area contributed by atoms with E-state index in [9.17, 15) is 2.74 Å². The summed E-state index contributed by atoms with van der Waals surface area (Å²) < 4.78 is 43.8. The second-order valence-electron chi connectivity index (χ2n) is 11.0. The molecule has 0 N–H and O–H groups in total. The van der Waals surface area contributed by atoms with E-state index in [2.05, 4.69) is 24.3 Å². The molecule has 9 rings (SSSR count). The monoisotopic (exact) mass is 565 g/mol. The number of rotatable bonds is 4. The van der Waals surface area contributed by atoms with Crippen molar-refractivity contribution in [1.82, 2.24) is 0 Å². The van der Waals surface area contributed by atoms with E-state index in [4.69, 9.17) is 7.16 Å². The van der Waals surface area contributed by atoms with E-state index in [0.29, 0.717) is 16.7 Å². The third-order valence-corrected chi connectivity index (χ3v) is 8.49. The van der Waals surface area contributed by atoms with Crippen LogP contribution in [-0.2, 0) is 0 Å². The van der Waals surface area contributed by atoms with Crippen molar-refractivity contribution in [2.24, 2.45) is 0 Å². The summed E-state index contributed by atoms with van der Waals surface area (Å²) in [5.41, 5.74) is 4.15. The van der Waals surface area contributed by atoms with Crippen LogP contribution in [-0.4, -0.2) is 0 Å². The summed E-state index contributed by atoms with van der Waals surface area (Å²) in [5, 5.41) is 7.80. The molecule has 0 amide bonds. The normalized spacial score (nSPS) is 12.9. The molecule has 0 spiro atoms. The van der Waals surface area contributed by atoms with Crippen LogP contribution in [0.3, 0.4) is 0 Å². The van der Waals surface area contributed by atoms with Crippen LogP contribution in [0.15, 0.2) is 168 Å². The fraction of sp³-hybridized carbons (Fsp3) is 0. The van der Waals surface area contributed by atoms with Gasteiger partial charge in [-0.05, 0) is 75.1 Å². The molecule has 0 radical (unpaired) electrons. The lowest BCUT2D eigenvalue weighted by Crippen LogP contribution is -2.11. The second kappa shape index (κ2) is 9.86. The predicted octanol–water partition coefficient (Wildman–Crippen LogP) is 12.2. The maximum Gasteiger partial charge on any atom is 0.143 e. The number of furan rings is 1. The molecule has 0 fully saturated rings. The van der Waals surface area contributed by atoms with Gasteiger partial charge in [0.2, 0.25) is 0 Å². The molecule has 0 saturated carbocycles. The molecular formula is C42H27NO. The van der Waals surface area contributed by atoms with Gasteiger partial charge in [-0.2, -0.15) is 0 Å². The predicted molar refractivity (Wildman–Crippen MR) is 186 cm³/mol. The summed E-state index contributed by atoms with van der Waals surface area (Å²) in [7, 11) is 0. The Morgan fingerprint density at radius 2 is 1.18 bits per heavy atom. The molecule has 206 valence electrons. The summed E-state index contributed by atoms with van der Waals surface area (Å²) in [4.78, 5) is 1.93. The highest BCUT2D eigenvalue weighted by atomic mass is 16.3. The smallest absolute Gasteiger partial charge is 0.143 e. The van der Waals surface area contributed by atoms with Crippen LogP contribution in [0.5, 0.6) is 0 Å². The first kappa shape index (κ1) is 20.9. The van der Waals surface area contributed by atoms with Gasteiger partial charge in [0.15, 0.2) is 0 Å². The van der Waals surface area contributed by atoms with E-state index in [0.717, 1.165) is 60.0 Å². The third-order valence-electron chi connectivity index (χ3n) is 8.49. The standard InChI is InChI=1S/C42H27NO/c1-2-13-31-26-33(23-22-28(31)10-1)32-15-7-16-34(27-32)43(38-19-8-14-29-11-3-5-17-35(29)38)39-20-9-21-40-41(39)37-25-24-30-12-4-6-18-36(30)42(37)44-40/h1-27H/i7D,15D,16D,27D. The minimum atomic E-state index is -0.232. The van der Waals surface area contributed by atoms with Gasteiger partial charge < -0.3 is 9.32 Å². The SMILES string of the molecule is [2H]c1c([2H])c(-c2ccc3ccccc3c2)c([2H])c(N(c2cccc3ccccc23)c2cccc3oc4c5ccccc5ccc4c23)c1[2H]. The van der Waals surface area contributed by atoms with Crippen LogP contribution in [0.4, 0.5) is 17.1 Å². The van der Waals surface area contributed by atoms with Gasteiger partial charge in [0.1, 0.15) is 11.2 Å². The Bertz CT molecular complexity index is 2740. The van der Waals surface area contributed by atoms with E-state index in [1.807, 2.05) is 120 Å². The lowest BCUT2D eigenvalue weighted by molar-refractivity contribution is 0.672. The minimum Gasteiger partial charge on any atom is -0.455 e. The Morgan fingerprint density at radius 3 is 2.07 bits per heavy atom. The van der Waals surface area contributed by atoms with Crippen LogP contribution in [0.2, 0.25) is 0 Å². The number of nitrogens with zero attached hydrogens (tertiary/aromatic N) is 1. The van der Waals surface area contributed by atoms with Crippen molar-refractivity contribution in [1.29, 1.82) is 0 Å². The van der Waals surface area contributed by atoms with Gasteiger partial charge in [-0.25, -0.2) is 0 Å². The van der Waals surface area contributed by atoms with E-state index in [1.165, 1.54) is 0 Å². The van der Waals surface area contributed by atoms with Crippen molar-refractivity contribution in [2.75, 3.05) is 4.90 Å². The van der Waals surface area contributed by atoms with Crippen LogP contribution < -0.4 is 4.90 Å². The maximum absolute atomic E-state index is 9.76. The molecule has 44 heavy (non-hydrogen) atoms. The summed E-state index contributed by atoms with van der Waals surface area (Å²) in [5.74, 6) is 0. The van der Waals surface area contributed by atoms with Crippen LogP contribution >= 0.6 is 0 Å². The Labute approximate surface area is 260 Å². The fourth-order valence-corrected chi connectivity index (χ4v) is 6.43. The van der Waals surface area contributed by atoms with Gasteiger partial charge in [-0.15, -0.1) is 0 Å². The minimum absolute atomic E-state index is 0.0134. The molecule has 8 aromatic carbocycles. The highest BCUT2D eigenvalue weighted by Crippen LogP contribution is 2.46. The molecular weight excluding hydrogens is 534 g/mol. The third kappa shape index (κ3) is 3.89. The Hall–Kier alpha value is -5.86. The van der Waals surface area contributed by atoms with Crippen molar-refractivity contribution in [3.8, 4) is 11.1 Å². The number of hydrogen-bond acceptors (Lipinski definition) is 2. The first-order valence-electron chi connectivity index (χ1n) is 16.7. The van der Waals surface area contributed by atoms with Gasteiger partial charge >= 0.3 is 0 Å². The zero-order chi connectivity index (χ0) is 32.5. The van der Waals surface area contributed by atoms with Crippen molar-refractivity contribution in [3.05, 3.63) is 164 Å². The van der Waals surface area contributed by atoms with Gasteiger partial charge in [-0.1, -0.05) is 121 Å². The van der Waals surface area contributed by atoms with Crippen LogP contribution in [0.25, 0.3) is 65.4 Å². The number of benzene rings is 8. The average Bonchev–Trinajstić information content (AvgIpc) is 3.52. The van der Waals surface area contributed by atoms with Crippen molar-refractivity contribution < 1.29 is 9.90 Å². The molecule has 0 aliphatic carbocycles. The Morgan fingerprint density at radius 1 is 0.500 bits per heavy atom. The van der Waals surface area contributed by atoms with Crippen molar-refractivity contribution in [3.63, 3.8) is 0 Å². The molecule has 9 aromatic rings. The van der Waals surface area contributed by atoms with Crippen molar-refractivity contribution >= 4 is 71.3 Å². The zero-order valence-electron chi connectivity index (χ0n) is 27.6. The van der Waals surface area contributed by atoms with Gasteiger partial charge in [0.25, 0.3) is 0 Å². The van der Waals surface area contributed by atoms with E-state index in [-0.39, 0.29) is 29.9 Å². The largest absolute Gasteiger partial charge is 0.455 e. The average molecular weight is 566 g/mol. The number of anilines is 3. The molecule has 0 aliphatic heterocycles. The lowest BCUT2D eigenvalue weighted by Gasteiger charge is -2.28. The molecule has 0 aliphatic rings. The van der Waals surface area contributed by atoms with Crippen LogP contribution in [0, 0.1) is 0 Å². The summed E-state index contributed by atoms with van der Waals surface area (Å²) in [6.45, 7) is 0. The van der Waals surface area contributed by atoms with Crippen molar-refractivity contribution in [2.45, 2.75) is 0 Å². The fourth-order valence-electron chi connectivity index (χ4n) is 6.43. The van der Waals surface area contributed by atoms with Crippen LogP contribution in [0.1, 0.15) is 5.48 Å².